The fraction of sp³-hybridized carbons (Fsp3) is 0.571. The van der Waals surface area contributed by atoms with Crippen LogP contribution in [-0.4, -0.2) is 54.0 Å². The Kier molecular flexibility index (Phi) is 5.76. The molecule has 112 valence electrons. The van der Waals surface area contributed by atoms with Crippen molar-refractivity contribution < 1.29 is 19.1 Å². The van der Waals surface area contributed by atoms with Crippen molar-refractivity contribution in [3.63, 3.8) is 0 Å². The van der Waals surface area contributed by atoms with E-state index in [0.29, 0.717) is 13.1 Å². The lowest BCUT2D eigenvalue weighted by atomic mass is 10.2. The van der Waals surface area contributed by atoms with Gasteiger partial charge in [-0.05, 0) is 26.1 Å². The smallest absolute Gasteiger partial charge is 0.307 e. The van der Waals surface area contributed by atoms with Crippen LogP contribution in [0.5, 0.6) is 0 Å². The Hall–Kier alpha value is -1.82. The van der Waals surface area contributed by atoms with Crippen LogP contribution in [0, 0.1) is 12.8 Å². The fourth-order valence-corrected chi connectivity index (χ4v) is 1.85. The lowest BCUT2D eigenvalue weighted by Gasteiger charge is -2.22. The molecule has 6 nitrogen and oxygen atoms in total. The van der Waals surface area contributed by atoms with Crippen LogP contribution in [0.4, 0.5) is 0 Å². The van der Waals surface area contributed by atoms with Crippen molar-refractivity contribution in [3.05, 3.63) is 23.7 Å². The summed E-state index contributed by atoms with van der Waals surface area (Å²) < 4.78 is 5.42. The summed E-state index contributed by atoms with van der Waals surface area (Å²) in [5, 5.41) is 8.84. The molecule has 0 spiro atoms. The van der Waals surface area contributed by atoms with E-state index in [2.05, 4.69) is 0 Å². The minimum absolute atomic E-state index is 0.0702. The second-order valence-corrected chi connectivity index (χ2v) is 5.20. The second kappa shape index (κ2) is 7.09. The number of carboxylic acids is 1. The molecule has 0 bridgehead atoms. The maximum absolute atomic E-state index is 12.0. The lowest BCUT2D eigenvalue weighted by Crippen LogP contribution is -2.38. The van der Waals surface area contributed by atoms with Crippen molar-refractivity contribution in [2.75, 3.05) is 27.2 Å². The Morgan fingerprint density at radius 2 is 2.00 bits per heavy atom. The van der Waals surface area contributed by atoms with Crippen LogP contribution >= 0.6 is 0 Å². The van der Waals surface area contributed by atoms with Crippen molar-refractivity contribution in [2.45, 2.75) is 20.4 Å². The average molecular weight is 282 g/mol. The molecule has 1 unspecified atom stereocenters. The van der Waals surface area contributed by atoms with Gasteiger partial charge in [0.1, 0.15) is 11.5 Å². The van der Waals surface area contributed by atoms with E-state index in [1.165, 1.54) is 0 Å². The van der Waals surface area contributed by atoms with E-state index >= 15 is 0 Å². The average Bonchev–Trinajstić information content (AvgIpc) is 2.74. The van der Waals surface area contributed by atoms with Gasteiger partial charge in [0.25, 0.3) is 0 Å². The van der Waals surface area contributed by atoms with Crippen LogP contribution in [0.25, 0.3) is 0 Å². The normalized spacial score (nSPS) is 12.4. The number of carbonyl (C=O) groups excluding carboxylic acids is 1. The zero-order chi connectivity index (χ0) is 15.3. The summed E-state index contributed by atoms with van der Waals surface area (Å²) in [6, 6.07) is 3.70. The lowest BCUT2D eigenvalue weighted by molar-refractivity contribution is -0.142. The molecule has 6 heteroatoms. The van der Waals surface area contributed by atoms with E-state index in [1.807, 2.05) is 19.1 Å². The molecule has 0 aliphatic carbocycles. The number of carboxylic acid groups (broad SMARTS) is 1. The molecule has 1 rings (SSSR count). The Balaban J connectivity index is 2.43. The summed E-state index contributed by atoms with van der Waals surface area (Å²) in [6.45, 7) is 4.42. The zero-order valence-corrected chi connectivity index (χ0v) is 12.4. The summed E-state index contributed by atoms with van der Waals surface area (Å²) in [7, 11) is 3.44. The summed E-state index contributed by atoms with van der Waals surface area (Å²) in [6.07, 6.45) is 0. The van der Waals surface area contributed by atoms with Gasteiger partial charge in [-0.25, -0.2) is 0 Å². The summed E-state index contributed by atoms with van der Waals surface area (Å²) in [5.41, 5.74) is 0. The van der Waals surface area contributed by atoms with Crippen LogP contribution in [-0.2, 0) is 16.1 Å². The van der Waals surface area contributed by atoms with Crippen LogP contribution in [0.3, 0.4) is 0 Å². The third kappa shape index (κ3) is 5.05. The molecule has 20 heavy (non-hydrogen) atoms. The van der Waals surface area contributed by atoms with Crippen LogP contribution in [0.2, 0.25) is 0 Å². The third-order valence-electron chi connectivity index (χ3n) is 3.03. The number of nitrogens with zero attached hydrogens (tertiary/aromatic N) is 2. The summed E-state index contributed by atoms with van der Waals surface area (Å²) in [4.78, 5) is 26.1. The second-order valence-electron chi connectivity index (χ2n) is 5.20. The van der Waals surface area contributed by atoms with Gasteiger partial charge in [0, 0.05) is 13.6 Å². The third-order valence-corrected chi connectivity index (χ3v) is 3.03. The standard InChI is InChI=1S/C14H22N2O4/c1-10(14(18)19)7-15(3)9-13(17)16(4)8-12-6-5-11(2)20-12/h5-6,10H,7-9H2,1-4H3,(H,18,19). The van der Waals surface area contributed by atoms with E-state index in [9.17, 15) is 9.59 Å². The minimum Gasteiger partial charge on any atom is -0.481 e. The van der Waals surface area contributed by atoms with Gasteiger partial charge < -0.3 is 14.4 Å². The highest BCUT2D eigenvalue weighted by molar-refractivity contribution is 5.78. The first-order valence-corrected chi connectivity index (χ1v) is 6.50. The molecule has 0 aliphatic heterocycles. The molecule has 1 aromatic heterocycles. The molecule has 0 aliphatic rings. The maximum atomic E-state index is 12.0. The Morgan fingerprint density at radius 3 is 2.50 bits per heavy atom. The molecule has 0 saturated carbocycles. The quantitative estimate of drug-likeness (QED) is 0.813. The summed E-state index contributed by atoms with van der Waals surface area (Å²) >= 11 is 0. The highest BCUT2D eigenvalue weighted by Crippen LogP contribution is 2.09. The predicted molar refractivity (Wildman–Crippen MR) is 74.2 cm³/mol. The SMILES string of the molecule is Cc1ccc(CN(C)C(=O)CN(C)CC(C)C(=O)O)o1. The van der Waals surface area contributed by atoms with Crippen molar-refractivity contribution in [2.24, 2.45) is 5.92 Å². The molecule has 0 fully saturated rings. The van der Waals surface area contributed by atoms with E-state index in [4.69, 9.17) is 9.52 Å². The van der Waals surface area contributed by atoms with Crippen LogP contribution < -0.4 is 0 Å². The van der Waals surface area contributed by atoms with Gasteiger partial charge in [-0.1, -0.05) is 6.92 Å². The van der Waals surface area contributed by atoms with Crippen LogP contribution in [0.1, 0.15) is 18.4 Å². The molecule has 0 aromatic carbocycles. The Labute approximate surface area is 119 Å². The largest absolute Gasteiger partial charge is 0.481 e. The molecule has 1 atom stereocenters. The zero-order valence-electron chi connectivity index (χ0n) is 12.4. The Morgan fingerprint density at radius 1 is 1.35 bits per heavy atom. The number of likely N-dealkylation sites (N-methyl/N-ethyl adjacent to an activating group) is 2. The first kappa shape index (κ1) is 16.2. The molecule has 0 saturated heterocycles. The van der Waals surface area contributed by atoms with Gasteiger partial charge >= 0.3 is 5.97 Å². The minimum atomic E-state index is -0.858. The Bertz CT molecular complexity index is 469. The molecule has 0 radical (unpaired) electrons. The number of hydrogen-bond donors (Lipinski definition) is 1. The van der Waals surface area contributed by atoms with Crippen molar-refractivity contribution in [3.8, 4) is 0 Å². The summed E-state index contributed by atoms with van der Waals surface area (Å²) in [5.74, 6) is 0.127. The highest BCUT2D eigenvalue weighted by atomic mass is 16.4. The number of amides is 1. The van der Waals surface area contributed by atoms with E-state index in [1.54, 1.807) is 30.8 Å². The van der Waals surface area contributed by atoms with E-state index in [-0.39, 0.29) is 12.5 Å². The van der Waals surface area contributed by atoms with Crippen molar-refractivity contribution in [1.29, 1.82) is 0 Å². The van der Waals surface area contributed by atoms with Crippen LogP contribution in [0.15, 0.2) is 16.5 Å². The topological polar surface area (TPSA) is 74.0 Å². The number of aryl methyl sites for hydroxylation is 1. The molecular formula is C14H22N2O4. The molecule has 1 heterocycles. The maximum Gasteiger partial charge on any atom is 0.307 e. The van der Waals surface area contributed by atoms with E-state index < -0.39 is 11.9 Å². The van der Waals surface area contributed by atoms with Gasteiger partial charge in [0.2, 0.25) is 5.91 Å². The van der Waals surface area contributed by atoms with E-state index in [0.717, 1.165) is 11.5 Å². The highest BCUT2D eigenvalue weighted by Gasteiger charge is 2.17. The van der Waals surface area contributed by atoms with Gasteiger partial charge in [-0.15, -0.1) is 0 Å². The fourth-order valence-electron chi connectivity index (χ4n) is 1.85. The molecule has 1 N–H and O–H groups in total. The number of aliphatic carboxylic acids is 1. The van der Waals surface area contributed by atoms with Gasteiger partial charge in [-0.3, -0.25) is 14.5 Å². The molecule has 1 aromatic rings. The predicted octanol–water partition coefficient (Wildman–Crippen LogP) is 1.20. The molecular weight excluding hydrogens is 260 g/mol. The monoisotopic (exact) mass is 282 g/mol. The number of carbonyl (C=O) groups is 2. The first-order chi connectivity index (χ1) is 9.29. The number of hydrogen-bond acceptors (Lipinski definition) is 4. The first-order valence-electron chi connectivity index (χ1n) is 6.50. The van der Waals surface area contributed by atoms with Crippen molar-refractivity contribution >= 4 is 11.9 Å². The van der Waals surface area contributed by atoms with Crippen molar-refractivity contribution in [1.82, 2.24) is 9.80 Å². The molecule has 1 amide bonds. The van der Waals surface area contributed by atoms with Gasteiger partial charge in [0.05, 0.1) is 19.0 Å². The number of rotatable bonds is 7. The number of furan rings is 1. The van der Waals surface area contributed by atoms with Gasteiger partial charge in [0.15, 0.2) is 0 Å². The van der Waals surface area contributed by atoms with Gasteiger partial charge in [-0.2, -0.15) is 0 Å².